The number of aliphatic hydroxyl groups is 1. The van der Waals surface area contributed by atoms with Gasteiger partial charge in [-0.25, -0.2) is 4.98 Å². The molecular weight excluding hydrogens is 310 g/mol. The molecule has 5 heteroatoms. The average Bonchev–Trinajstić information content (AvgIpc) is 2.24. The Morgan fingerprint density at radius 2 is 2.00 bits per heavy atom. The van der Waals surface area contributed by atoms with Crippen LogP contribution in [0.5, 0.6) is 0 Å². The van der Waals surface area contributed by atoms with E-state index in [0.29, 0.717) is 12.3 Å². The van der Waals surface area contributed by atoms with Crippen LogP contribution >= 0.6 is 15.9 Å². The van der Waals surface area contributed by atoms with Crippen molar-refractivity contribution in [3.05, 3.63) is 28.5 Å². The predicted octanol–water partition coefficient (Wildman–Crippen LogP) is 3.90. The van der Waals surface area contributed by atoms with Crippen LogP contribution in [0.1, 0.15) is 32.6 Å². The summed E-state index contributed by atoms with van der Waals surface area (Å²) in [6.07, 6.45) is -0.670. The van der Waals surface area contributed by atoms with Crippen molar-refractivity contribution in [3.63, 3.8) is 0 Å². The first-order valence-corrected chi connectivity index (χ1v) is 9.78. The van der Waals surface area contributed by atoms with Crippen LogP contribution < -0.4 is 0 Å². The maximum absolute atomic E-state index is 10.1. The lowest BCUT2D eigenvalue weighted by Gasteiger charge is -2.36. The van der Waals surface area contributed by atoms with Crippen LogP contribution in [-0.2, 0) is 4.43 Å². The molecule has 3 nitrogen and oxygen atoms in total. The molecule has 0 amide bonds. The van der Waals surface area contributed by atoms with E-state index in [1.165, 1.54) is 0 Å². The summed E-state index contributed by atoms with van der Waals surface area (Å²) >= 11 is 3.30. The largest absolute Gasteiger partial charge is 0.414 e. The topological polar surface area (TPSA) is 42.4 Å². The monoisotopic (exact) mass is 331 g/mol. The van der Waals surface area contributed by atoms with Crippen LogP contribution in [0.3, 0.4) is 0 Å². The van der Waals surface area contributed by atoms with Crippen molar-refractivity contribution >= 4 is 24.2 Å². The molecule has 0 fully saturated rings. The van der Waals surface area contributed by atoms with Crippen molar-refractivity contribution in [1.29, 1.82) is 0 Å². The molecule has 1 N–H and O–H groups in total. The van der Waals surface area contributed by atoms with E-state index in [1.807, 2.05) is 18.2 Å². The summed E-state index contributed by atoms with van der Waals surface area (Å²) < 4.78 is 6.71. The Morgan fingerprint density at radius 3 is 2.50 bits per heavy atom. The number of halogens is 1. The quantitative estimate of drug-likeness (QED) is 0.672. The summed E-state index contributed by atoms with van der Waals surface area (Å²) in [7, 11) is -1.81. The standard InChI is InChI=1S/C13H22BrNO2Si/c1-13(2,3)18(4,5)17-9-11(16)10-7-6-8-12(14)15-10/h6-8,11,16H,9H2,1-5H3/t11-/m0/s1. The summed E-state index contributed by atoms with van der Waals surface area (Å²) in [6, 6.07) is 5.51. The van der Waals surface area contributed by atoms with Gasteiger partial charge in [0, 0.05) is 0 Å². The van der Waals surface area contributed by atoms with Gasteiger partial charge in [0.05, 0.1) is 12.3 Å². The lowest BCUT2D eigenvalue weighted by Crippen LogP contribution is -2.41. The summed E-state index contributed by atoms with van der Waals surface area (Å²) in [6.45, 7) is 11.2. The minimum absolute atomic E-state index is 0.150. The summed E-state index contributed by atoms with van der Waals surface area (Å²) in [5.41, 5.74) is 0.642. The second kappa shape index (κ2) is 5.82. The third-order valence-electron chi connectivity index (χ3n) is 3.49. The molecular formula is C13H22BrNO2Si. The third kappa shape index (κ3) is 4.15. The number of nitrogens with zero attached hydrogens (tertiary/aromatic N) is 1. The zero-order chi connectivity index (χ0) is 14.0. The Morgan fingerprint density at radius 1 is 1.39 bits per heavy atom. The number of aromatic nitrogens is 1. The van der Waals surface area contributed by atoms with Crippen molar-refractivity contribution in [2.45, 2.75) is 45.0 Å². The molecule has 1 aromatic rings. The van der Waals surface area contributed by atoms with E-state index < -0.39 is 14.4 Å². The number of hydrogen-bond acceptors (Lipinski definition) is 3. The highest BCUT2D eigenvalue weighted by molar-refractivity contribution is 9.10. The molecule has 1 atom stereocenters. The Kier molecular flexibility index (Phi) is 5.11. The lowest BCUT2D eigenvalue weighted by molar-refractivity contribution is 0.0968. The molecule has 0 saturated heterocycles. The van der Waals surface area contributed by atoms with Gasteiger partial charge in [0.1, 0.15) is 10.7 Å². The van der Waals surface area contributed by atoms with Crippen molar-refractivity contribution < 1.29 is 9.53 Å². The van der Waals surface area contributed by atoms with Crippen LogP contribution in [0.2, 0.25) is 18.1 Å². The highest BCUT2D eigenvalue weighted by atomic mass is 79.9. The highest BCUT2D eigenvalue weighted by Crippen LogP contribution is 2.37. The summed E-state index contributed by atoms with van der Waals surface area (Å²) in [5, 5.41) is 10.2. The van der Waals surface area contributed by atoms with Gasteiger partial charge in [0.15, 0.2) is 8.32 Å². The molecule has 0 aliphatic heterocycles. The van der Waals surface area contributed by atoms with Gasteiger partial charge in [-0.15, -0.1) is 0 Å². The zero-order valence-corrected chi connectivity index (χ0v) is 14.3. The fourth-order valence-corrected chi connectivity index (χ4v) is 2.56. The molecule has 0 aliphatic rings. The van der Waals surface area contributed by atoms with E-state index >= 15 is 0 Å². The Hall–Kier alpha value is -0.233. The maximum atomic E-state index is 10.1. The first-order valence-electron chi connectivity index (χ1n) is 6.08. The lowest BCUT2D eigenvalue weighted by atomic mass is 10.2. The molecule has 18 heavy (non-hydrogen) atoms. The second-order valence-electron chi connectivity index (χ2n) is 5.97. The van der Waals surface area contributed by atoms with Crippen LogP contribution in [0.4, 0.5) is 0 Å². The number of hydrogen-bond donors (Lipinski definition) is 1. The second-order valence-corrected chi connectivity index (χ2v) is 11.6. The highest BCUT2D eigenvalue weighted by Gasteiger charge is 2.37. The first kappa shape index (κ1) is 15.8. The zero-order valence-electron chi connectivity index (χ0n) is 11.7. The van der Waals surface area contributed by atoms with Crippen LogP contribution in [0, 0.1) is 0 Å². The van der Waals surface area contributed by atoms with E-state index in [2.05, 4.69) is 54.8 Å². The molecule has 1 heterocycles. The molecule has 0 bridgehead atoms. The van der Waals surface area contributed by atoms with Crippen molar-refractivity contribution in [2.24, 2.45) is 0 Å². The Labute approximate surface area is 119 Å². The maximum Gasteiger partial charge on any atom is 0.192 e. The molecule has 0 radical (unpaired) electrons. The Balaban J connectivity index is 2.64. The van der Waals surface area contributed by atoms with E-state index in [9.17, 15) is 5.11 Å². The molecule has 1 rings (SSSR count). The van der Waals surface area contributed by atoms with Gasteiger partial charge in [0.25, 0.3) is 0 Å². The van der Waals surface area contributed by atoms with Gasteiger partial charge >= 0.3 is 0 Å². The van der Waals surface area contributed by atoms with E-state index in [0.717, 1.165) is 4.60 Å². The van der Waals surface area contributed by atoms with E-state index in [-0.39, 0.29) is 5.04 Å². The average molecular weight is 332 g/mol. The predicted molar refractivity (Wildman–Crippen MR) is 80.0 cm³/mol. The van der Waals surface area contributed by atoms with Crippen molar-refractivity contribution in [3.8, 4) is 0 Å². The molecule has 0 saturated carbocycles. The minimum atomic E-state index is -1.81. The third-order valence-corrected chi connectivity index (χ3v) is 8.43. The molecule has 0 aliphatic carbocycles. The molecule has 102 valence electrons. The van der Waals surface area contributed by atoms with Crippen LogP contribution in [0.15, 0.2) is 22.8 Å². The summed E-state index contributed by atoms with van der Waals surface area (Å²) in [5.74, 6) is 0. The smallest absolute Gasteiger partial charge is 0.192 e. The van der Waals surface area contributed by atoms with Crippen LogP contribution in [-0.4, -0.2) is 25.0 Å². The normalized spacial score (nSPS) is 14.6. The van der Waals surface area contributed by atoms with Gasteiger partial charge in [-0.2, -0.15) is 0 Å². The van der Waals surface area contributed by atoms with Gasteiger partial charge in [-0.1, -0.05) is 26.8 Å². The van der Waals surface area contributed by atoms with Gasteiger partial charge in [-0.05, 0) is 46.2 Å². The number of aliphatic hydroxyl groups excluding tert-OH is 1. The molecule has 0 aromatic carbocycles. The van der Waals surface area contributed by atoms with Gasteiger partial charge in [-0.3, -0.25) is 0 Å². The fourth-order valence-electron chi connectivity index (χ4n) is 1.20. The summed E-state index contributed by atoms with van der Waals surface area (Å²) in [4.78, 5) is 4.24. The number of pyridine rings is 1. The Bertz CT molecular complexity index is 404. The van der Waals surface area contributed by atoms with E-state index in [1.54, 1.807) is 0 Å². The number of rotatable bonds is 4. The van der Waals surface area contributed by atoms with Crippen LogP contribution in [0.25, 0.3) is 0 Å². The van der Waals surface area contributed by atoms with Gasteiger partial charge < -0.3 is 9.53 Å². The molecule has 0 unspecified atom stereocenters. The van der Waals surface area contributed by atoms with Gasteiger partial charge in [0.2, 0.25) is 0 Å². The minimum Gasteiger partial charge on any atom is -0.414 e. The van der Waals surface area contributed by atoms with E-state index in [4.69, 9.17) is 4.43 Å². The van der Waals surface area contributed by atoms with Crippen molar-refractivity contribution in [1.82, 2.24) is 4.98 Å². The van der Waals surface area contributed by atoms with Crippen molar-refractivity contribution in [2.75, 3.05) is 6.61 Å². The molecule has 0 spiro atoms. The first-order chi connectivity index (χ1) is 8.13. The SMILES string of the molecule is CC(C)(C)[Si](C)(C)OC[C@H](O)c1cccc(Br)n1. The molecule has 1 aromatic heterocycles. The fraction of sp³-hybridized carbons (Fsp3) is 0.615.